The summed E-state index contributed by atoms with van der Waals surface area (Å²) < 4.78 is 37.5. The maximum absolute atomic E-state index is 12.2. The second-order valence-corrected chi connectivity index (χ2v) is 7.36. The molecule has 0 saturated carbocycles. The molecule has 1 heterocycles. The van der Waals surface area contributed by atoms with E-state index in [0.29, 0.717) is 12.3 Å². The minimum atomic E-state index is -3.48. The fourth-order valence-electron chi connectivity index (χ4n) is 2.41. The number of rotatable bonds is 10. The zero-order chi connectivity index (χ0) is 16.0. The van der Waals surface area contributed by atoms with Gasteiger partial charge in [-0.25, -0.2) is 13.1 Å². The Kier molecular flexibility index (Phi) is 6.23. The van der Waals surface area contributed by atoms with Crippen molar-refractivity contribution in [1.82, 2.24) is 4.72 Å². The lowest BCUT2D eigenvalue weighted by molar-refractivity contribution is 0.357. The molecular formula is C16H25NO4S. The van der Waals surface area contributed by atoms with E-state index in [-0.39, 0.29) is 17.1 Å². The van der Waals surface area contributed by atoms with Crippen LogP contribution in [0.5, 0.6) is 5.75 Å². The number of hydrogen-bond acceptors (Lipinski definition) is 4. The quantitative estimate of drug-likeness (QED) is 0.530. The van der Waals surface area contributed by atoms with Gasteiger partial charge in [0.15, 0.2) is 0 Å². The summed E-state index contributed by atoms with van der Waals surface area (Å²) >= 11 is 0. The zero-order valence-corrected chi connectivity index (χ0v) is 14.1. The average Bonchev–Trinajstić information content (AvgIpc) is 3.28. The molecule has 1 aromatic rings. The van der Waals surface area contributed by atoms with E-state index in [1.807, 2.05) is 0 Å². The smallest absolute Gasteiger partial charge is 0.240 e. The molecule has 6 heteroatoms. The molecule has 22 heavy (non-hydrogen) atoms. The van der Waals surface area contributed by atoms with Gasteiger partial charge >= 0.3 is 0 Å². The van der Waals surface area contributed by atoms with Crippen molar-refractivity contribution in [3.05, 3.63) is 24.3 Å². The largest absolute Gasteiger partial charge is 0.497 e. The Morgan fingerprint density at radius 3 is 2.50 bits per heavy atom. The Labute approximate surface area is 133 Å². The third kappa shape index (κ3) is 4.97. The van der Waals surface area contributed by atoms with Gasteiger partial charge in [0.1, 0.15) is 5.75 Å². The normalized spacial score (nSPS) is 20.8. The van der Waals surface area contributed by atoms with Gasteiger partial charge in [-0.15, -0.1) is 0 Å². The van der Waals surface area contributed by atoms with E-state index in [9.17, 15) is 8.42 Å². The maximum atomic E-state index is 12.2. The minimum absolute atomic E-state index is 0.0228. The number of sulfonamides is 1. The standard InChI is InChI=1S/C16H25NO4S/c1-3-4-5-6-7-15-16(21-15)12-17-22(18,19)14-10-8-13(20-2)9-11-14/h8-11,15-17H,3-7,12H2,1-2H3. The molecular weight excluding hydrogens is 302 g/mol. The highest BCUT2D eigenvalue weighted by Gasteiger charge is 2.38. The van der Waals surface area contributed by atoms with Crippen LogP contribution in [0.1, 0.15) is 39.0 Å². The Balaban J connectivity index is 1.74. The molecule has 0 spiro atoms. The van der Waals surface area contributed by atoms with Gasteiger partial charge in [0.05, 0.1) is 24.2 Å². The first-order valence-corrected chi connectivity index (χ1v) is 9.34. The molecule has 1 N–H and O–H groups in total. The molecule has 124 valence electrons. The summed E-state index contributed by atoms with van der Waals surface area (Å²) in [6.45, 7) is 2.52. The van der Waals surface area contributed by atoms with Crippen molar-refractivity contribution in [2.45, 2.75) is 56.1 Å². The van der Waals surface area contributed by atoms with E-state index in [1.54, 1.807) is 19.2 Å². The van der Waals surface area contributed by atoms with E-state index in [0.717, 1.165) is 12.8 Å². The number of benzene rings is 1. The lowest BCUT2D eigenvalue weighted by Crippen LogP contribution is -2.28. The third-order valence-corrected chi connectivity index (χ3v) is 5.31. The van der Waals surface area contributed by atoms with Gasteiger partial charge in [0.25, 0.3) is 0 Å². The molecule has 1 aliphatic rings. The summed E-state index contributed by atoms with van der Waals surface area (Å²) in [7, 11) is -1.93. The Morgan fingerprint density at radius 2 is 1.86 bits per heavy atom. The van der Waals surface area contributed by atoms with Crippen molar-refractivity contribution in [3.8, 4) is 5.75 Å². The molecule has 0 aromatic heterocycles. The third-order valence-electron chi connectivity index (χ3n) is 3.87. The van der Waals surface area contributed by atoms with Crippen LogP contribution in [0.3, 0.4) is 0 Å². The molecule has 0 aliphatic carbocycles. The number of nitrogens with one attached hydrogen (secondary N) is 1. The first-order chi connectivity index (χ1) is 10.6. The highest BCUT2D eigenvalue weighted by atomic mass is 32.2. The fourth-order valence-corrected chi connectivity index (χ4v) is 3.46. The summed E-state index contributed by atoms with van der Waals surface area (Å²) in [5.74, 6) is 0.636. The predicted octanol–water partition coefficient (Wildman–Crippen LogP) is 2.71. The molecule has 0 amide bonds. The maximum Gasteiger partial charge on any atom is 0.240 e. The van der Waals surface area contributed by atoms with Crippen LogP contribution in [-0.2, 0) is 14.8 Å². The average molecular weight is 327 g/mol. The molecule has 0 bridgehead atoms. The fraction of sp³-hybridized carbons (Fsp3) is 0.625. The van der Waals surface area contributed by atoms with Crippen molar-refractivity contribution in [3.63, 3.8) is 0 Å². The lowest BCUT2D eigenvalue weighted by Gasteiger charge is -2.06. The predicted molar refractivity (Wildman–Crippen MR) is 85.6 cm³/mol. The summed E-state index contributed by atoms with van der Waals surface area (Å²) in [5.41, 5.74) is 0. The van der Waals surface area contributed by atoms with Crippen molar-refractivity contribution >= 4 is 10.0 Å². The molecule has 1 fully saturated rings. The van der Waals surface area contributed by atoms with Crippen LogP contribution in [0, 0.1) is 0 Å². The number of unbranched alkanes of at least 4 members (excludes halogenated alkanes) is 3. The van der Waals surface area contributed by atoms with Crippen LogP contribution in [0.25, 0.3) is 0 Å². The second-order valence-electron chi connectivity index (χ2n) is 5.59. The SMILES string of the molecule is CCCCCCC1OC1CNS(=O)(=O)c1ccc(OC)cc1. The van der Waals surface area contributed by atoms with Gasteiger partial charge < -0.3 is 9.47 Å². The molecule has 2 atom stereocenters. The van der Waals surface area contributed by atoms with Crippen molar-refractivity contribution in [2.75, 3.05) is 13.7 Å². The van der Waals surface area contributed by atoms with Crippen molar-refractivity contribution in [1.29, 1.82) is 0 Å². The van der Waals surface area contributed by atoms with E-state index in [4.69, 9.17) is 9.47 Å². The monoisotopic (exact) mass is 327 g/mol. The molecule has 1 aliphatic heterocycles. The lowest BCUT2D eigenvalue weighted by atomic mass is 10.1. The van der Waals surface area contributed by atoms with E-state index in [2.05, 4.69) is 11.6 Å². The number of epoxide rings is 1. The molecule has 0 radical (unpaired) electrons. The first-order valence-electron chi connectivity index (χ1n) is 7.86. The molecule has 1 saturated heterocycles. The van der Waals surface area contributed by atoms with E-state index in [1.165, 1.54) is 31.4 Å². The van der Waals surface area contributed by atoms with Crippen molar-refractivity contribution < 1.29 is 17.9 Å². The van der Waals surface area contributed by atoms with Gasteiger partial charge in [0.2, 0.25) is 10.0 Å². The van der Waals surface area contributed by atoms with E-state index < -0.39 is 10.0 Å². The van der Waals surface area contributed by atoms with Crippen LogP contribution in [0.15, 0.2) is 29.2 Å². The van der Waals surface area contributed by atoms with Gasteiger partial charge in [0, 0.05) is 6.54 Å². The van der Waals surface area contributed by atoms with Crippen LogP contribution in [0.4, 0.5) is 0 Å². The molecule has 1 aromatic carbocycles. The summed E-state index contributed by atoms with van der Waals surface area (Å²) in [4.78, 5) is 0.244. The zero-order valence-electron chi connectivity index (χ0n) is 13.2. The Morgan fingerprint density at radius 1 is 1.14 bits per heavy atom. The minimum Gasteiger partial charge on any atom is -0.497 e. The summed E-state index contributed by atoms with van der Waals surface area (Å²) in [6, 6.07) is 6.35. The van der Waals surface area contributed by atoms with Gasteiger partial charge in [-0.1, -0.05) is 32.6 Å². The summed E-state index contributed by atoms with van der Waals surface area (Å²) in [6.07, 6.45) is 6.11. The van der Waals surface area contributed by atoms with E-state index >= 15 is 0 Å². The molecule has 2 unspecified atom stereocenters. The highest BCUT2D eigenvalue weighted by molar-refractivity contribution is 7.89. The molecule has 2 rings (SSSR count). The van der Waals surface area contributed by atoms with Gasteiger partial charge in [-0.2, -0.15) is 0 Å². The van der Waals surface area contributed by atoms with Crippen LogP contribution < -0.4 is 9.46 Å². The van der Waals surface area contributed by atoms with Crippen LogP contribution in [0.2, 0.25) is 0 Å². The van der Waals surface area contributed by atoms with Crippen LogP contribution in [-0.4, -0.2) is 34.3 Å². The number of ether oxygens (including phenoxy) is 2. The Hall–Kier alpha value is -1.11. The Bertz CT molecular complexity index is 556. The second kappa shape index (κ2) is 7.94. The number of methoxy groups -OCH3 is 1. The van der Waals surface area contributed by atoms with Crippen molar-refractivity contribution in [2.24, 2.45) is 0 Å². The topological polar surface area (TPSA) is 67.9 Å². The van der Waals surface area contributed by atoms with Crippen LogP contribution >= 0.6 is 0 Å². The number of hydrogen-bond donors (Lipinski definition) is 1. The first kappa shape index (κ1) is 17.2. The summed E-state index contributed by atoms with van der Waals surface area (Å²) in [5, 5.41) is 0. The van der Waals surface area contributed by atoms with Gasteiger partial charge in [-0.3, -0.25) is 0 Å². The highest BCUT2D eigenvalue weighted by Crippen LogP contribution is 2.27. The molecule has 5 nitrogen and oxygen atoms in total. The van der Waals surface area contributed by atoms with Gasteiger partial charge in [-0.05, 0) is 30.7 Å².